The van der Waals surface area contributed by atoms with Gasteiger partial charge in [0, 0.05) is 11.7 Å². The van der Waals surface area contributed by atoms with Crippen molar-refractivity contribution < 1.29 is 32.7 Å². The van der Waals surface area contributed by atoms with E-state index in [4.69, 9.17) is 18.5 Å². The molecule has 0 atom stereocenters. The molecule has 0 fully saturated rings. The summed E-state index contributed by atoms with van der Waals surface area (Å²) in [6.45, 7) is 8.03. The number of carbonyl (C=O) groups is 2. The topological polar surface area (TPSA) is 88.1 Å². The first kappa shape index (κ1) is 25.4. The van der Waals surface area contributed by atoms with Gasteiger partial charge >= 0.3 is 19.5 Å². The minimum absolute atomic E-state index is 0.0772. The van der Waals surface area contributed by atoms with E-state index in [1.807, 2.05) is 24.3 Å². The number of rotatable bonds is 7. The number of methoxy groups -OCH3 is 2. The predicted molar refractivity (Wildman–Crippen MR) is 126 cm³/mol. The molecule has 0 aromatic heterocycles. The summed E-state index contributed by atoms with van der Waals surface area (Å²) in [6, 6.07) is 8.01. The van der Waals surface area contributed by atoms with E-state index in [0.717, 1.165) is 22.3 Å². The number of hydrogen-bond donors (Lipinski definition) is 0. The highest BCUT2D eigenvalue weighted by atomic mass is 31.2. The second-order valence-corrected chi connectivity index (χ2v) is 11.0. The molecule has 2 aliphatic carbocycles. The third kappa shape index (κ3) is 4.46. The number of benzene rings is 1. The number of carbonyl (C=O) groups excluding carboxylic acids is 2. The molecule has 1 aromatic rings. The first-order valence-corrected chi connectivity index (χ1v) is 12.7. The Labute approximate surface area is 195 Å². The normalized spacial score (nSPS) is 19.0. The van der Waals surface area contributed by atoms with Gasteiger partial charge < -0.3 is 18.5 Å². The SMILES string of the molecule is CCOP(=O)(OCC)C1=C2CC(C)(C)c3ccccc3C=C2CC(C(=O)OC)(C(=O)OC)C1. The maximum absolute atomic E-state index is 14.1. The van der Waals surface area contributed by atoms with Gasteiger partial charge in [-0.15, -0.1) is 0 Å². The molecule has 7 nitrogen and oxygen atoms in total. The van der Waals surface area contributed by atoms with Crippen molar-refractivity contribution in [3.8, 4) is 0 Å². The van der Waals surface area contributed by atoms with Crippen molar-refractivity contribution in [2.45, 2.75) is 52.4 Å². The third-order valence-corrected chi connectivity index (χ3v) is 8.70. The average Bonchev–Trinajstić information content (AvgIpc) is 2.90. The second kappa shape index (κ2) is 9.57. The zero-order chi connectivity index (χ0) is 24.4. The van der Waals surface area contributed by atoms with Gasteiger partial charge in [0.15, 0.2) is 5.41 Å². The van der Waals surface area contributed by atoms with Crippen LogP contribution in [-0.2, 0) is 38.1 Å². The van der Waals surface area contributed by atoms with E-state index in [1.54, 1.807) is 13.8 Å². The van der Waals surface area contributed by atoms with Crippen LogP contribution in [0.15, 0.2) is 40.7 Å². The number of fused-ring (bicyclic) bond motifs is 2. The van der Waals surface area contributed by atoms with Crippen molar-refractivity contribution in [2.24, 2.45) is 5.41 Å². The number of ether oxygens (including phenoxy) is 2. The van der Waals surface area contributed by atoms with Crippen LogP contribution >= 0.6 is 7.60 Å². The molecule has 0 bridgehead atoms. The predicted octanol–water partition coefficient (Wildman–Crippen LogP) is 5.40. The molecule has 0 N–H and O–H groups in total. The van der Waals surface area contributed by atoms with Crippen molar-refractivity contribution >= 4 is 25.6 Å². The highest BCUT2D eigenvalue weighted by molar-refractivity contribution is 7.58. The lowest BCUT2D eigenvalue weighted by molar-refractivity contribution is -0.169. The molecule has 3 rings (SSSR count). The van der Waals surface area contributed by atoms with Crippen LogP contribution in [0.25, 0.3) is 6.08 Å². The lowest BCUT2D eigenvalue weighted by Crippen LogP contribution is -2.44. The Morgan fingerprint density at radius 1 is 0.939 bits per heavy atom. The number of allylic oxidation sites excluding steroid dienone is 3. The Hall–Kier alpha value is -2.21. The van der Waals surface area contributed by atoms with E-state index in [1.165, 1.54) is 14.2 Å². The Morgan fingerprint density at radius 3 is 2.06 bits per heavy atom. The van der Waals surface area contributed by atoms with E-state index < -0.39 is 24.9 Å². The summed E-state index contributed by atoms with van der Waals surface area (Å²) in [4.78, 5) is 26.1. The molecule has 0 spiro atoms. The standard InChI is InChI=1S/C25H33O7P/c1-7-31-33(28,32-8-2)21-16-25(22(26)29-5,23(27)30-6)14-18-13-17-11-9-10-12-20(17)24(3,4)15-19(18)21/h9-13H,7-8,14-16H2,1-6H3. The first-order chi connectivity index (χ1) is 15.6. The fourth-order valence-electron chi connectivity index (χ4n) is 4.95. The highest BCUT2D eigenvalue weighted by Gasteiger charge is 2.56. The summed E-state index contributed by atoms with van der Waals surface area (Å²) in [5, 5.41) is 0.348. The quantitative estimate of drug-likeness (QED) is 0.296. The van der Waals surface area contributed by atoms with Gasteiger partial charge in [0.05, 0.1) is 27.4 Å². The van der Waals surface area contributed by atoms with E-state index in [0.29, 0.717) is 11.7 Å². The van der Waals surface area contributed by atoms with E-state index >= 15 is 0 Å². The number of hydrogen-bond acceptors (Lipinski definition) is 7. The van der Waals surface area contributed by atoms with Crippen molar-refractivity contribution in [1.29, 1.82) is 0 Å². The van der Waals surface area contributed by atoms with Crippen molar-refractivity contribution in [1.82, 2.24) is 0 Å². The molecule has 0 aliphatic heterocycles. The lowest BCUT2D eigenvalue weighted by atomic mass is 9.69. The van der Waals surface area contributed by atoms with Crippen LogP contribution in [0.5, 0.6) is 0 Å². The van der Waals surface area contributed by atoms with Gasteiger partial charge in [0.25, 0.3) is 0 Å². The largest absolute Gasteiger partial charge is 0.468 e. The molecule has 8 heteroatoms. The maximum Gasteiger partial charge on any atom is 0.357 e. The van der Waals surface area contributed by atoms with Gasteiger partial charge in [-0.2, -0.15) is 0 Å². The molecule has 33 heavy (non-hydrogen) atoms. The van der Waals surface area contributed by atoms with E-state index in [9.17, 15) is 14.2 Å². The molecule has 0 saturated carbocycles. The summed E-state index contributed by atoms with van der Waals surface area (Å²) in [6.07, 6.45) is 2.45. The van der Waals surface area contributed by atoms with Gasteiger partial charge in [-0.1, -0.05) is 44.2 Å². The number of esters is 2. The minimum Gasteiger partial charge on any atom is -0.468 e. The fourth-order valence-corrected chi connectivity index (χ4v) is 7.03. The third-order valence-electron chi connectivity index (χ3n) is 6.42. The Morgan fingerprint density at radius 2 is 1.52 bits per heavy atom. The summed E-state index contributed by atoms with van der Waals surface area (Å²) < 4.78 is 35.6. The molecular formula is C25H33O7P. The molecule has 0 heterocycles. The zero-order valence-electron chi connectivity index (χ0n) is 20.2. The molecule has 0 unspecified atom stereocenters. The average molecular weight is 477 g/mol. The monoisotopic (exact) mass is 476 g/mol. The summed E-state index contributed by atoms with van der Waals surface area (Å²) in [7, 11) is -1.35. The Kier molecular flexibility index (Phi) is 7.37. The van der Waals surface area contributed by atoms with Gasteiger partial charge in [-0.25, -0.2) is 0 Å². The van der Waals surface area contributed by atoms with Gasteiger partial charge in [-0.3, -0.25) is 14.2 Å². The highest BCUT2D eigenvalue weighted by Crippen LogP contribution is 2.65. The van der Waals surface area contributed by atoms with Crippen LogP contribution in [0, 0.1) is 5.41 Å². The van der Waals surface area contributed by atoms with Crippen LogP contribution in [0.4, 0.5) is 0 Å². The molecular weight excluding hydrogens is 443 g/mol. The van der Waals surface area contributed by atoms with Crippen molar-refractivity contribution in [2.75, 3.05) is 27.4 Å². The van der Waals surface area contributed by atoms with E-state index in [-0.39, 0.29) is 31.5 Å². The van der Waals surface area contributed by atoms with Gasteiger partial charge in [0.2, 0.25) is 0 Å². The second-order valence-electron chi connectivity index (χ2n) is 8.99. The van der Waals surface area contributed by atoms with Crippen molar-refractivity contribution in [3.63, 3.8) is 0 Å². The van der Waals surface area contributed by atoms with Crippen LogP contribution < -0.4 is 0 Å². The van der Waals surface area contributed by atoms with Crippen molar-refractivity contribution in [3.05, 3.63) is 51.9 Å². The Bertz CT molecular complexity index is 1020. The smallest absolute Gasteiger partial charge is 0.357 e. The fraction of sp³-hybridized carbons (Fsp3) is 0.520. The van der Waals surface area contributed by atoms with Crippen LogP contribution in [0.3, 0.4) is 0 Å². The van der Waals surface area contributed by atoms with Crippen LogP contribution in [0.2, 0.25) is 0 Å². The zero-order valence-corrected chi connectivity index (χ0v) is 21.1. The minimum atomic E-state index is -3.81. The summed E-state index contributed by atoms with van der Waals surface area (Å²) in [5.74, 6) is -1.47. The lowest BCUT2D eigenvalue weighted by Gasteiger charge is -2.38. The maximum atomic E-state index is 14.1. The molecule has 0 amide bonds. The molecule has 0 saturated heterocycles. The molecule has 0 radical (unpaired) electrons. The molecule has 1 aromatic carbocycles. The van der Waals surface area contributed by atoms with Gasteiger partial charge in [0.1, 0.15) is 0 Å². The molecule has 180 valence electrons. The summed E-state index contributed by atoms with van der Waals surface area (Å²) in [5.41, 5.74) is 1.69. The molecule has 2 aliphatic rings. The van der Waals surface area contributed by atoms with E-state index in [2.05, 4.69) is 19.9 Å². The van der Waals surface area contributed by atoms with Crippen LogP contribution in [-0.4, -0.2) is 39.4 Å². The van der Waals surface area contributed by atoms with Crippen LogP contribution in [0.1, 0.15) is 58.1 Å². The summed E-state index contributed by atoms with van der Waals surface area (Å²) >= 11 is 0. The first-order valence-electron chi connectivity index (χ1n) is 11.2. The Balaban J connectivity index is 2.37. The van der Waals surface area contributed by atoms with Gasteiger partial charge in [-0.05, 0) is 54.4 Å².